The van der Waals surface area contributed by atoms with Crippen molar-refractivity contribution in [1.82, 2.24) is 15.8 Å². The summed E-state index contributed by atoms with van der Waals surface area (Å²) in [7, 11) is 0. The zero-order valence-corrected chi connectivity index (χ0v) is 9.24. The van der Waals surface area contributed by atoms with E-state index in [0.717, 1.165) is 38.6 Å². The van der Waals surface area contributed by atoms with Crippen molar-refractivity contribution < 1.29 is 0 Å². The van der Waals surface area contributed by atoms with Gasteiger partial charge in [-0.25, -0.2) is 5.01 Å². The third-order valence-electron chi connectivity index (χ3n) is 3.07. The fraction of sp³-hybridized carbons (Fsp3) is 0.417. The number of nitrogens with one attached hydrogen (secondary N) is 2. The zero-order valence-electron chi connectivity index (χ0n) is 9.24. The first-order valence-electron chi connectivity index (χ1n) is 5.78. The van der Waals surface area contributed by atoms with Gasteiger partial charge in [-0.15, -0.1) is 0 Å². The molecular formula is C12H16N4. The molecule has 1 aromatic rings. The van der Waals surface area contributed by atoms with Gasteiger partial charge < -0.3 is 5.32 Å². The van der Waals surface area contributed by atoms with Crippen molar-refractivity contribution in [3.8, 4) is 0 Å². The van der Waals surface area contributed by atoms with Crippen molar-refractivity contribution in [2.75, 3.05) is 19.6 Å². The molecule has 0 aromatic heterocycles. The van der Waals surface area contributed by atoms with E-state index >= 15 is 0 Å². The molecule has 84 valence electrons. The molecule has 2 N–H and O–H groups in total. The van der Waals surface area contributed by atoms with Gasteiger partial charge in [0.25, 0.3) is 0 Å². The smallest absolute Gasteiger partial charge is 0.206 e. The van der Waals surface area contributed by atoms with Crippen molar-refractivity contribution in [1.29, 1.82) is 0 Å². The predicted molar refractivity (Wildman–Crippen MR) is 64.0 cm³/mol. The normalized spacial score (nSPS) is 19.9. The minimum Gasteiger partial charge on any atom is -0.353 e. The second-order valence-electron chi connectivity index (χ2n) is 4.21. The zero-order chi connectivity index (χ0) is 10.8. The van der Waals surface area contributed by atoms with Gasteiger partial charge in [0.1, 0.15) is 0 Å². The number of nitrogens with zero attached hydrogens (tertiary/aromatic N) is 2. The van der Waals surface area contributed by atoms with Gasteiger partial charge in [0.15, 0.2) is 0 Å². The van der Waals surface area contributed by atoms with Crippen LogP contribution in [-0.4, -0.2) is 30.6 Å². The first-order chi connectivity index (χ1) is 7.92. The second-order valence-corrected chi connectivity index (χ2v) is 4.21. The average molecular weight is 216 g/mol. The lowest BCUT2D eigenvalue weighted by molar-refractivity contribution is 0.213. The molecule has 0 aliphatic carbocycles. The number of hydrogen-bond acceptors (Lipinski definition) is 4. The summed E-state index contributed by atoms with van der Waals surface area (Å²) < 4.78 is 0. The Bertz CT molecular complexity index is 413. The van der Waals surface area contributed by atoms with Crippen LogP contribution in [0, 0.1) is 0 Å². The van der Waals surface area contributed by atoms with Crippen LogP contribution in [0.2, 0.25) is 0 Å². The summed E-state index contributed by atoms with van der Waals surface area (Å²) in [5, 5.41) is 5.45. The highest BCUT2D eigenvalue weighted by Gasteiger charge is 2.17. The Morgan fingerprint density at radius 1 is 1.25 bits per heavy atom. The predicted octanol–water partition coefficient (Wildman–Crippen LogP) is 0.508. The van der Waals surface area contributed by atoms with Crippen LogP contribution in [0.5, 0.6) is 0 Å². The van der Waals surface area contributed by atoms with E-state index in [1.54, 1.807) is 0 Å². The van der Waals surface area contributed by atoms with Crippen LogP contribution in [0.25, 0.3) is 0 Å². The molecule has 4 nitrogen and oxygen atoms in total. The van der Waals surface area contributed by atoms with Crippen molar-refractivity contribution in [2.24, 2.45) is 4.99 Å². The van der Waals surface area contributed by atoms with Crippen molar-refractivity contribution in [3.05, 3.63) is 35.4 Å². The highest BCUT2D eigenvalue weighted by molar-refractivity contribution is 5.80. The number of aliphatic imine (C=N–C) groups is 1. The monoisotopic (exact) mass is 216 g/mol. The Labute approximate surface area is 95.3 Å². The molecule has 16 heavy (non-hydrogen) atoms. The number of guanidine groups is 1. The van der Waals surface area contributed by atoms with Gasteiger partial charge in [0.05, 0.1) is 6.54 Å². The van der Waals surface area contributed by atoms with Gasteiger partial charge in [-0.3, -0.25) is 10.4 Å². The molecule has 0 amide bonds. The molecule has 2 aliphatic rings. The molecule has 0 saturated carbocycles. The highest BCUT2D eigenvalue weighted by atomic mass is 15.6. The Morgan fingerprint density at radius 2 is 2.12 bits per heavy atom. The van der Waals surface area contributed by atoms with Crippen LogP contribution in [0.4, 0.5) is 0 Å². The van der Waals surface area contributed by atoms with E-state index in [1.165, 1.54) is 11.1 Å². The summed E-state index contributed by atoms with van der Waals surface area (Å²) in [6, 6.07) is 8.64. The maximum atomic E-state index is 4.34. The number of hydrogen-bond donors (Lipinski definition) is 2. The van der Waals surface area contributed by atoms with E-state index in [0.29, 0.717) is 0 Å². The minimum atomic E-state index is 0.882. The number of benzene rings is 1. The highest BCUT2D eigenvalue weighted by Crippen LogP contribution is 2.16. The summed E-state index contributed by atoms with van der Waals surface area (Å²) in [5.41, 5.74) is 6.22. The van der Waals surface area contributed by atoms with E-state index in [9.17, 15) is 0 Å². The molecular weight excluding hydrogens is 200 g/mol. The summed E-state index contributed by atoms with van der Waals surface area (Å²) in [6.45, 7) is 3.83. The quantitative estimate of drug-likeness (QED) is 0.718. The van der Waals surface area contributed by atoms with Crippen molar-refractivity contribution in [3.63, 3.8) is 0 Å². The molecule has 0 atom stereocenters. The molecule has 0 spiro atoms. The van der Waals surface area contributed by atoms with Gasteiger partial charge in [0, 0.05) is 19.6 Å². The third kappa shape index (κ3) is 1.88. The largest absolute Gasteiger partial charge is 0.353 e. The minimum absolute atomic E-state index is 0.882. The molecule has 4 heteroatoms. The van der Waals surface area contributed by atoms with Gasteiger partial charge in [-0.05, 0) is 17.5 Å². The van der Waals surface area contributed by atoms with Crippen LogP contribution >= 0.6 is 0 Å². The average Bonchev–Trinajstić information content (AvgIpc) is 2.82. The van der Waals surface area contributed by atoms with Crippen LogP contribution in [0.1, 0.15) is 11.1 Å². The molecule has 3 rings (SSSR count). The lowest BCUT2D eigenvalue weighted by Crippen LogP contribution is -2.48. The van der Waals surface area contributed by atoms with E-state index < -0.39 is 0 Å². The molecule has 2 aliphatic heterocycles. The Morgan fingerprint density at radius 3 is 2.94 bits per heavy atom. The Kier molecular flexibility index (Phi) is 2.50. The van der Waals surface area contributed by atoms with E-state index in [-0.39, 0.29) is 0 Å². The maximum Gasteiger partial charge on any atom is 0.206 e. The lowest BCUT2D eigenvalue weighted by atomic mass is 10.0. The van der Waals surface area contributed by atoms with Crippen LogP contribution < -0.4 is 10.7 Å². The topological polar surface area (TPSA) is 39.7 Å². The lowest BCUT2D eigenvalue weighted by Gasteiger charge is -2.29. The van der Waals surface area contributed by atoms with E-state index in [2.05, 4.69) is 45.0 Å². The third-order valence-corrected chi connectivity index (χ3v) is 3.07. The first kappa shape index (κ1) is 9.66. The van der Waals surface area contributed by atoms with E-state index in [1.807, 2.05) is 0 Å². The standard InChI is InChI=1S/C12H16N4/c1-2-4-11-9-16(8-5-10(11)3-1)15-12-13-6-7-14-12/h1-4H,5-9H2,(H2,13,14,15). The number of hydrazine groups is 1. The van der Waals surface area contributed by atoms with Gasteiger partial charge in [0.2, 0.25) is 5.96 Å². The molecule has 0 saturated heterocycles. The fourth-order valence-corrected chi connectivity index (χ4v) is 2.21. The Balaban J connectivity index is 1.68. The molecule has 0 fully saturated rings. The van der Waals surface area contributed by atoms with Crippen molar-refractivity contribution in [2.45, 2.75) is 13.0 Å². The van der Waals surface area contributed by atoms with E-state index in [4.69, 9.17) is 0 Å². The molecule has 0 bridgehead atoms. The van der Waals surface area contributed by atoms with Gasteiger partial charge >= 0.3 is 0 Å². The summed E-state index contributed by atoms with van der Waals surface area (Å²) in [6.07, 6.45) is 1.11. The van der Waals surface area contributed by atoms with Gasteiger partial charge in [-0.1, -0.05) is 24.3 Å². The fourth-order valence-electron chi connectivity index (χ4n) is 2.21. The molecule has 1 aromatic carbocycles. The SMILES string of the molecule is c1ccc2c(c1)CCN(NC1=NCCN1)C2. The summed E-state index contributed by atoms with van der Waals surface area (Å²) >= 11 is 0. The summed E-state index contributed by atoms with van der Waals surface area (Å²) in [5.74, 6) is 0.916. The maximum absolute atomic E-state index is 4.34. The van der Waals surface area contributed by atoms with Gasteiger partial charge in [-0.2, -0.15) is 0 Å². The van der Waals surface area contributed by atoms with Crippen molar-refractivity contribution >= 4 is 5.96 Å². The van der Waals surface area contributed by atoms with Crippen LogP contribution in [0.3, 0.4) is 0 Å². The molecule has 0 unspecified atom stereocenters. The molecule has 0 radical (unpaired) electrons. The van der Waals surface area contributed by atoms with Crippen LogP contribution in [-0.2, 0) is 13.0 Å². The number of fused-ring (bicyclic) bond motifs is 1. The number of rotatable bonds is 1. The first-order valence-corrected chi connectivity index (χ1v) is 5.78. The van der Waals surface area contributed by atoms with Crippen LogP contribution in [0.15, 0.2) is 29.3 Å². The second kappa shape index (κ2) is 4.14. The summed E-state index contributed by atoms with van der Waals surface area (Å²) in [4.78, 5) is 4.34. The molecule has 2 heterocycles. The Hall–Kier alpha value is -1.55.